The summed E-state index contributed by atoms with van der Waals surface area (Å²) < 4.78 is 13.7. The van der Waals surface area contributed by atoms with E-state index in [4.69, 9.17) is 21.1 Å². The lowest BCUT2D eigenvalue weighted by Crippen LogP contribution is -2.22. The first kappa shape index (κ1) is 21.8. The number of methoxy groups -OCH3 is 1. The number of nitrogens with zero attached hydrogens (tertiary/aromatic N) is 2. The molecule has 8 heteroatoms. The van der Waals surface area contributed by atoms with Crippen molar-refractivity contribution in [2.24, 2.45) is 0 Å². The fourth-order valence-electron chi connectivity index (χ4n) is 3.50. The zero-order valence-corrected chi connectivity index (χ0v) is 20.0. The molecule has 0 aliphatic heterocycles. The van der Waals surface area contributed by atoms with Crippen molar-refractivity contribution in [1.82, 2.24) is 9.38 Å². The van der Waals surface area contributed by atoms with Crippen LogP contribution >= 0.6 is 34.7 Å². The lowest BCUT2D eigenvalue weighted by molar-refractivity contribution is 0.313. The minimum absolute atomic E-state index is 0.0674. The van der Waals surface area contributed by atoms with Gasteiger partial charge in [-0.25, -0.2) is 9.38 Å². The Bertz CT molecular complexity index is 1540. The maximum Gasteiger partial charge on any atom is 0.274 e. The average molecular weight is 495 g/mol. The highest BCUT2D eigenvalue weighted by Gasteiger charge is 2.11. The Morgan fingerprint density at radius 2 is 1.91 bits per heavy atom. The monoisotopic (exact) mass is 494 g/mol. The molecule has 5 aromatic rings. The summed E-state index contributed by atoms with van der Waals surface area (Å²) >= 11 is 9.00. The first-order valence-corrected chi connectivity index (χ1v) is 12.4. The summed E-state index contributed by atoms with van der Waals surface area (Å²) in [7, 11) is 1.61. The van der Waals surface area contributed by atoms with Gasteiger partial charge in [-0.2, -0.15) is 0 Å². The summed E-state index contributed by atoms with van der Waals surface area (Å²) in [5.41, 5.74) is 2.44. The lowest BCUT2D eigenvalue weighted by atomic mass is 10.2. The summed E-state index contributed by atoms with van der Waals surface area (Å²) in [6, 6.07) is 21.1. The second-order valence-electron chi connectivity index (χ2n) is 7.20. The van der Waals surface area contributed by atoms with Gasteiger partial charge >= 0.3 is 0 Å². The molecular formula is C25H19ClN2O3S2. The number of hydrogen-bond donors (Lipinski definition) is 0. The Hall–Kier alpha value is -3.00. The second-order valence-corrected chi connectivity index (χ2v) is 9.81. The number of hydrogen-bond acceptors (Lipinski definition) is 6. The van der Waals surface area contributed by atoms with Gasteiger partial charge in [-0.1, -0.05) is 41.1 Å². The zero-order chi connectivity index (χ0) is 22.8. The third-order valence-electron chi connectivity index (χ3n) is 5.05. The van der Waals surface area contributed by atoms with Gasteiger partial charge in [0.15, 0.2) is 16.5 Å². The third kappa shape index (κ3) is 4.57. The van der Waals surface area contributed by atoms with Crippen molar-refractivity contribution < 1.29 is 9.47 Å². The van der Waals surface area contributed by atoms with Crippen molar-refractivity contribution in [2.45, 2.75) is 4.90 Å². The Morgan fingerprint density at radius 1 is 1.09 bits per heavy atom. The van der Waals surface area contributed by atoms with Gasteiger partial charge in [-0.05, 0) is 60.2 Å². The first-order chi connectivity index (χ1) is 16.1. The fourth-order valence-corrected chi connectivity index (χ4v) is 5.34. The number of thioether (sulfide) groups is 1. The molecule has 0 spiro atoms. The van der Waals surface area contributed by atoms with Crippen molar-refractivity contribution in [1.29, 1.82) is 0 Å². The van der Waals surface area contributed by atoms with Gasteiger partial charge < -0.3 is 9.47 Å². The van der Waals surface area contributed by atoms with Crippen LogP contribution in [0.25, 0.3) is 22.1 Å². The molecule has 0 N–H and O–H groups in total. The van der Waals surface area contributed by atoms with E-state index in [1.165, 1.54) is 11.3 Å². The van der Waals surface area contributed by atoms with Crippen LogP contribution in [0.4, 0.5) is 0 Å². The van der Waals surface area contributed by atoms with Crippen molar-refractivity contribution in [3.8, 4) is 11.5 Å². The molecule has 166 valence electrons. The summed E-state index contributed by atoms with van der Waals surface area (Å²) in [6.45, 7) is 0.534. The van der Waals surface area contributed by atoms with Crippen LogP contribution in [0, 0.1) is 0 Å². The first-order valence-electron chi connectivity index (χ1n) is 10.2. The lowest BCUT2D eigenvalue weighted by Gasteiger charge is -2.11. The molecule has 0 atom stereocenters. The van der Waals surface area contributed by atoms with E-state index in [2.05, 4.69) is 4.98 Å². The molecule has 0 radical (unpaired) electrons. The Labute approximate surface area is 203 Å². The van der Waals surface area contributed by atoms with Crippen LogP contribution in [0.1, 0.15) is 5.56 Å². The molecule has 0 fully saturated rings. The van der Waals surface area contributed by atoms with Crippen LogP contribution in [-0.4, -0.2) is 28.9 Å². The Morgan fingerprint density at radius 3 is 2.73 bits per heavy atom. The largest absolute Gasteiger partial charge is 0.493 e. The minimum atomic E-state index is -0.0674. The second kappa shape index (κ2) is 9.47. The topological polar surface area (TPSA) is 52.8 Å². The van der Waals surface area contributed by atoms with Crippen molar-refractivity contribution in [3.63, 3.8) is 0 Å². The predicted molar refractivity (Wildman–Crippen MR) is 136 cm³/mol. The van der Waals surface area contributed by atoms with E-state index in [0.717, 1.165) is 32.3 Å². The molecule has 0 saturated heterocycles. The highest BCUT2D eigenvalue weighted by atomic mass is 35.5. The molecule has 5 rings (SSSR count). The molecule has 33 heavy (non-hydrogen) atoms. The molecule has 0 bridgehead atoms. The highest BCUT2D eigenvalue weighted by Crippen LogP contribution is 2.29. The van der Waals surface area contributed by atoms with Crippen LogP contribution in [0.3, 0.4) is 0 Å². The number of ether oxygens (including phenoxy) is 2. The van der Waals surface area contributed by atoms with Gasteiger partial charge in [0, 0.05) is 15.7 Å². The summed E-state index contributed by atoms with van der Waals surface area (Å²) in [4.78, 5) is 19.4. The van der Waals surface area contributed by atoms with E-state index >= 15 is 0 Å². The number of rotatable bonds is 7. The van der Waals surface area contributed by atoms with Crippen LogP contribution in [-0.2, 0) is 0 Å². The molecule has 2 aromatic heterocycles. The molecule has 3 aromatic carbocycles. The SMILES string of the molecule is COc1cc(/C=c2\sc3nc4ccccc4n3c2=O)ccc1OCCSc1ccc(Cl)cc1. The van der Waals surface area contributed by atoms with Crippen LogP contribution in [0.15, 0.2) is 76.4 Å². The van der Waals surface area contributed by atoms with E-state index < -0.39 is 0 Å². The molecule has 0 amide bonds. The smallest absolute Gasteiger partial charge is 0.274 e. The Balaban J connectivity index is 1.33. The van der Waals surface area contributed by atoms with Crippen LogP contribution < -0.4 is 19.6 Å². The van der Waals surface area contributed by atoms with E-state index in [-0.39, 0.29) is 5.56 Å². The van der Waals surface area contributed by atoms with Crippen LogP contribution in [0.5, 0.6) is 11.5 Å². The van der Waals surface area contributed by atoms with Gasteiger partial charge in [0.25, 0.3) is 5.56 Å². The van der Waals surface area contributed by atoms with E-state index in [1.807, 2.05) is 72.8 Å². The van der Waals surface area contributed by atoms with Crippen molar-refractivity contribution in [3.05, 3.63) is 92.2 Å². The highest BCUT2D eigenvalue weighted by molar-refractivity contribution is 7.99. The minimum Gasteiger partial charge on any atom is -0.493 e. The quantitative estimate of drug-likeness (QED) is 0.227. The predicted octanol–water partition coefficient (Wildman–Crippen LogP) is 5.29. The number of halogens is 1. The third-order valence-corrected chi connectivity index (χ3v) is 7.25. The normalized spacial score (nSPS) is 12.0. The van der Waals surface area contributed by atoms with E-state index in [9.17, 15) is 4.79 Å². The number of para-hydroxylation sites is 2. The number of aromatic nitrogens is 2. The zero-order valence-electron chi connectivity index (χ0n) is 17.7. The van der Waals surface area contributed by atoms with E-state index in [1.54, 1.807) is 23.3 Å². The maximum absolute atomic E-state index is 13.0. The number of thiazole rings is 1. The number of fused-ring (bicyclic) bond motifs is 3. The molecule has 0 saturated carbocycles. The average Bonchev–Trinajstić information content (AvgIpc) is 3.34. The molecule has 0 unspecified atom stereocenters. The van der Waals surface area contributed by atoms with Gasteiger partial charge in [-0.3, -0.25) is 4.79 Å². The molecular weight excluding hydrogens is 476 g/mol. The van der Waals surface area contributed by atoms with Gasteiger partial charge in [0.1, 0.15) is 0 Å². The van der Waals surface area contributed by atoms with Crippen molar-refractivity contribution >= 4 is 56.8 Å². The van der Waals surface area contributed by atoms with Gasteiger partial charge in [0.05, 0.1) is 29.3 Å². The summed E-state index contributed by atoms with van der Waals surface area (Å²) in [5.74, 6) is 2.08. The van der Waals surface area contributed by atoms with Crippen molar-refractivity contribution in [2.75, 3.05) is 19.5 Å². The number of imidazole rings is 1. The Kier molecular flexibility index (Phi) is 6.26. The fraction of sp³-hybridized carbons (Fsp3) is 0.120. The molecule has 2 heterocycles. The molecule has 5 nitrogen and oxygen atoms in total. The van der Waals surface area contributed by atoms with Gasteiger partial charge in [-0.15, -0.1) is 11.8 Å². The maximum atomic E-state index is 13.0. The van der Waals surface area contributed by atoms with E-state index in [0.29, 0.717) is 27.6 Å². The summed E-state index contributed by atoms with van der Waals surface area (Å²) in [5, 5.41) is 0.728. The standard InChI is InChI=1S/C25H19ClN2O3S2/c1-30-22-14-16(6-11-21(22)31-12-13-32-18-9-7-17(26)8-10-18)15-23-24(29)28-20-5-3-2-4-19(20)27-25(28)33-23/h2-11,14-15H,12-13H2,1H3/b23-15-. The number of benzene rings is 3. The van der Waals surface area contributed by atoms with Crippen LogP contribution in [0.2, 0.25) is 5.02 Å². The molecule has 0 aliphatic rings. The summed E-state index contributed by atoms with van der Waals surface area (Å²) in [6.07, 6.45) is 1.86. The van der Waals surface area contributed by atoms with Gasteiger partial charge in [0.2, 0.25) is 0 Å². The molecule has 0 aliphatic carbocycles.